The average molecular weight is 402 g/mol. The summed E-state index contributed by atoms with van der Waals surface area (Å²) in [5.41, 5.74) is -1.80. The first-order valence-electron chi connectivity index (χ1n) is 7.33. The summed E-state index contributed by atoms with van der Waals surface area (Å²) in [5, 5.41) is 0.617. The fraction of sp³-hybridized carbons (Fsp3) is 0.250. The van der Waals surface area contributed by atoms with E-state index in [4.69, 9.17) is 21.1 Å². The number of nitrogens with zero attached hydrogens (tertiary/aromatic N) is 2. The van der Waals surface area contributed by atoms with Crippen molar-refractivity contribution in [2.45, 2.75) is 16.5 Å². The fourth-order valence-electron chi connectivity index (χ4n) is 2.23. The molecule has 138 valence electrons. The van der Waals surface area contributed by atoms with Crippen molar-refractivity contribution in [2.75, 3.05) is 14.2 Å². The van der Waals surface area contributed by atoms with E-state index >= 15 is 0 Å². The first kappa shape index (κ1) is 18.5. The Balaban J connectivity index is 1.73. The summed E-state index contributed by atoms with van der Waals surface area (Å²) in [6.07, 6.45) is 1.59. The number of hydrogen-bond acceptors (Lipinski definition) is 6. The van der Waals surface area contributed by atoms with E-state index in [1.165, 1.54) is 23.9 Å². The van der Waals surface area contributed by atoms with Crippen LogP contribution in [0.25, 0.3) is 11.0 Å². The highest BCUT2D eigenvalue weighted by Gasteiger charge is 2.27. The van der Waals surface area contributed by atoms with Crippen LogP contribution in [0.3, 0.4) is 0 Å². The molecular weight excluding hydrogens is 388 g/mol. The van der Waals surface area contributed by atoms with Gasteiger partial charge in [0, 0.05) is 29.5 Å². The number of halogens is 3. The molecule has 0 bridgehead atoms. The zero-order valence-corrected chi connectivity index (χ0v) is 15.3. The van der Waals surface area contributed by atoms with Crippen molar-refractivity contribution in [1.82, 2.24) is 15.0 Å². The number of rotatable bonds is 7. The Kier molecular flexibility index (Phi) is 5.38. The van der Waals surface area contributed by atoms with E-state index in [0.29, 0.717) is 33.4 Å². The third-order valence-electron chi connectivity index (χ3n) is 3.35. The van der Waals surface area contributed by atoms with E-state index in [1.54, 1.807) is 32.5 Å². The monoisotopic (exact) mass is 401 g/mol. The van der Waals surface area contributed by atoms with Gasteiger partial charge in [0.05, 0.1) is 37.1 Å². The van der Waals surface area contributed by atoms with E-state index in [0.717, 1.165) is 5.69 Å². The molecule has 0 aliphatic rings. The van der Waals surface area contributed by atoms with Crippen LogP contribution >= 0.6 is 23.4 Å². The second-order valence-corrected chi connectivity index (χ2v) is 6.49. The third-order valence-corrected chi connectivity index (χ3v) is 4.34. The smallest absolute Gasteiger partial charge is 0.487 e. The molecule has 0 aliphatic heterocycles. The lowest BCUT2D eigenvalue weighted by atomic mass is 10.3. The fourth-order valence-corrected chi connectivity index (χ4v) is 3.10. The van der Waals surface area contributed by atoms with Gasteiger partial charge in [0.1, 0.15) is 5.75 Å². The summed E-state index contributed by atoms with van der Waals surface area (Å²) < 4.78 is 40.2. The number of H-pyrrole nitrogens is 1. The molecular formula is C16H14ClF2N3O3S. The molecule has 0 spiro atoms. The maximum atomic E-state index is 12.7. The van der Waals surface area contributed by atoms with Gasteiger partial charge in [-0.15, -0.1) is 8.78 Å². The van der Waals surface area contributed by atoms with Gasteiger partial charge in [-0.25, -0.2) is 4.98 Å². The number of pyridine rings is 1. The highest BCUT2D eigenvalue weighted by Crippen LogP contribution is 2.31. The minimum atomic E-state index is -3.76. The highest BCUT2D eigenvalue weighted by atomic mass is 35.5. The number of aromatic nitrogens is 3. The molecule has 1 N–H and O–H groups in total. The topological polar surface area (TPSA) is 69.3 Å². The van der Waals surface area contributed by atoms with Crippen LogP contribution < -0.4 is 14.2 Å². The number of fused-ring (bicyclic) bond motifs is 1. The quantitative estimate of drug-likeness (QED) is 0.466. The van der Waals surface area contributed by atoms with E-state index in [-0.39, 0.29) is 5.75 Å². The molecule has 10 heteroatoms. The van der Waals surface area contributed by atoms with Gasteiger partial charge in [0.2, 0.25) is 0 Å². The minimum absolute atomic E-state index is 0.0675. The lowest BCUT2D eigenvalue weighted by Crippen LogP contribution is -2.15. The molecule has 0 aliphatic carbocycles. The molecule has 0 saturated heterocycles. The maximum absolute atomic E-state index is 12.7. The maximum Gasteiger partial charge on any atom is 0.487 e. The van der Waals surface area contributed by atoms with Crippen LogP contribution in [-0.2, 0) is 5.75 Å². The Morgan fingerprint density at radius 3 is 2.65 bits per heavy atom. The lowest BCUT2D eigenvalue weighted by Gasteiger charge is -2.09. The molecule has 0 fully saturated rings. The molecule has 0 radical (unpaired) electrons. The Morgan fingerprint density at radius 1 is 1.19 bits per heavy atom. The van der Waals surface area contributed by atoms with Gasteiger partial charge in [-0.2, -0.15) is 0 Å². The second kappa shape index (κ2) is 7.55. The van der Waals surface area contributed by atoms with Gasteiger partial charge in [-0.3, -0.25) is 4.98 Å². The van der Waals surface area contributed by atoms with Gasteiger partial charge < -0.3 is 19.2 Å². The molecule has 0 amide bonds. The molecule has 0 atom stereocenters. The van der Waals surface area contributed by atoms with Crippen molar-refractivity contribution in [3.63, 3.8) is 0 Å². The van der Waals surface area contributed by atoms with Crippen LogP contribution in [0.1, 0.15) is 5.69 Å². The van der Waals surface area contributed by atoms with Gasteiger partial charge in [-0.1, -0.05) is 11.8 Å². The van der Waals surface area contributed by atoms with Gasteiger partial charge in [0.25, 0.3) is 0 Å². The van der Waals surface area contributed by atoms with Crippen molar-refractivity contribution in [3.8, 4) is 17.2 Å². The number of imidazole rings is 1. The number of benzene rings is 1. The van der Waals surface area contributed by atoms with Crippen molar-refractivity contribution in [2.24, 2.45) is 0 Å². The molecule has 0 saturated carbocycles. The molecule has 1 aromatic carbocycles. The van der Waals surface area contributed by atoms with Crippen LogP contribution in [-0.4, -0.2) is 34.7 Å². The van der Waals surface area contributed by atoms with Gasteiger partial charge in [0.15, 0.2) is 16.7 Å². The number of nitrogens with one attached hydrogen (secondary N) is 1. The van der Waals surface area contributed by atoms with Crippen molar-refractivity contribution < 1.29 is 23.0 Å². The average Bonchev–Trinajstić information content (AvgIpc) is 3.00. The first-order valence-corrected chi connectivity index (χ1v) is 8.69. The van der Waals surface area contributed by atoms with Crippen molar-refractivity contribution in [3.05, 3.63) is 36.2 Å². The summed E-state index contributed by atoms with van der Waals surface area (Å²) in [4.78, 5) is 11.7. The summed E-state index contributed by atoms with van der Waals surface area (Å²) in [7, 11) is 3.10. The zero-order valence-electron chi connectivity index (χ0n) is 13.8. The summed E-state index contributed by atoms with van der Waals surface area (Å²) in [6.45, 7) is 0. The normalized spacial score (nSPS) is 11.6. The molecule has 26 heavy (non-hydrogen) atoms. The Morgan fingerprint density at radius 2 is 1.96 bits per heavy atom. The number of methoxy groups -OCH3 is 2. The number of ether oxygens (including phenoxy) is 3. The van der Waals surface area contributed by atoms with Gasteiger partial charge in [-0.05, 0) is 12.1 Å². The molecule has 2 heterocycles. The zero-order chi connectivity index (χ0) is 18.7. The molecule has 0 unspecified atom stereocenters. The standard InChI is InChI=1S/C16H14ClF2N3O3S/c1-23-13-5-9(20-7-14(13)24-2)8-26-15-21-11-4-3-10(6-12(11)22-15)25-16(17,18)19/h3-7H,8H2,1-2H3,(H,21,22). The summed E-state index contributed by atoms with van der Waals surface area (Å²) in [6, 6.07) is 6.16. The number of aromatic amines is 1. The predicted molar refractivity (Wildman–Crippen MR) is 94.4 cm³/mol. The molecule has 6 nitrogen and oxygen atoms in total. The molecule has 3 rings (SSSR count). The van der Waals surface area contributed by atoms with Crippen LogP contribution in [0.15, 0.2) is 35.6 Å². The summed E-state index contributed by atoms with van der Waals surface area (Å²) >= 11 is 6.18. The van der Waals surface area contributed by atoms with Crippen molar-refractivity contribution >= 4 is 34.4 Å². The van der Waals surface area contributed by atoms with E-state index in [2.05, 4.69) is 19.7 Å². The van der Waals surface area contributed by atoms with Crippen molar-refractivity contribution in [1.29, 1.82) is 0 Å². The number of thioether (sulfide) groups is 1. The Labute approximate surface area is 156 Å². The minimum Gasteiger partial charge on any atom is -0.493 e. The Bertz CT molecular complexity index is 917. The van der Waals surface area contributed by atoms with E-state index < -0.39 is 5.57 Å². The molecule has 3 aromatic rings. The largest absolute Gasteiger partial charge is 0.493 e. The molecule has 2 aromatic heterocycles. The SMILES string of the molecule is COc1cnc(CSc2nc3cc(OC(F)(F)Cl)ccc3[nH]2)cc1OC. The summed E-state index contributed by atoms with van der Waals surface area (Å²) in [5.74, 6) is 1.60. The van der Waals surface area contributed by atoms with Crippen LogP contribution in [0.5, 0.6) is 17.2 Å². The Hall–Kier alpha value is -2.26. The first-order chi connectivity index (χ1) is 12.4. The van der Waals surface area contributed by atoms with Crippen LogP contribution in [0.4, 0.5) is 8.78 Å². The van der Waals surface area contributed by atoms with E-state index in [9.17, 15) is 8.78 Å². The lowest BCUT2D eigenvalue weighted by molar-refractivity contribution is -0.0964. The van der Waals surface area contributed by atoms with E-state index in [1.807, 2.05) is 0 Å². The van der Waals surface area contributed by atoms with Crippen LogP contribution in [0.2, 0.25) is 0 Å². The number of hydrogen-bond donors (Lipinski definition) is 1. The third kappa shape index (κ3) is 4.47. The predicted octanol–water partition coefficient (Wildman–Crippen LogP) is 4.44. The van der Waals surface area contributed by atoms with Crippen LogP contribution in [0, 0.1) is 0 Å². The second-order valence-electron chi connectivity index (χ2n) is 5.09. The van der Waals surface area contributed by atoms with Gasteiger partial charge >= 0.3 is 5.57 Å². The highest BCUT2D eigenvalue weighted by molar-refractivity contribution is 7.98. The number of alkyl halides is 3.